The van der Waals surface area contributed by atoms with E-state index in [9.17, 15) is 14.7 Å². The first-order valence-corrected chi connectivity index (χ1v) is 9.81. The van der Waals surface area contributed by atoms with Gasteiger partial charge in [-0.25, -0.2) is 4.79 Å². The Labute approximate surface area is 183 Å². The van der Waals surface area contributed by atoms with Crippen LogP contribution in [0.5, 0.6) is 0 Å². The van der Waals surface area contributed by atoms with Gasteiger partial charge in [-0.2, -0.15) is 0 Å². The fourth-order valence-electron chi connectivity index (χ4n) is 3.25. The van der Waals surface area contributed by atoms with Crippen LogP contribution in [-0.2, 0) is 4.79 Å². The molecule has 0 saturated heterocycles. The molecule has 0 spiro atoms. The second-order valence-electron chi connectivity index (χ2n) is 6.66. The maximum Gasteiger partial charge on any atom is 0.337 e. The Hall–Kier alpha value is -3.34. The number of amides is 1. The van der Waals surface area contributed by atoms with Crippen molar-refractivity contribution >= 4 is 52.5 Å². The molecule has 0 atom stereocenters. The van der Waals surface area contributed by atoms with Crippen molar-refractivity contribution in [1.82, 2.24) is 0 Å². The normalized spacial score (nSPS) is 14.9. The Kier molecular flexibility index (Phi) is 5.44. The summed E-state index contributed by atoms with van der Waals surface area (Å²) in [6, 6.07) is 21.1. The van der Waals surface area contributed by atoms with E-state index in [4.69, 9.17) is 23.2 Å². The van der Waals surface area contributed by atoms with Crippen molar-refractivity contribution in [3.05, 3.63) is 111 Å². The Morgan fingerprint density at radius 3 is 2.30 bits per heavy atom. The lowest BCUT2D eigenvalue weighted by Crippen LogP contribution is -2.25. The number of carbonyl (C=O) groups is 2. The van der Waals surface area contributed by atoms with Gasteiger partial charge in [-0.05, 0) is 53.6 Å². The lowest BCUT2D eigenvalue weighted by molar-refractivity contribution is -0.113. The van der Waals surface area contributed by atoms with E-state index in [1.54, 1.807) is 30.4 Å². The minimum Gasteiger partial charge on any atom is -0.478 e. The van der Waals surface area contributed by atoms with E-state index >= 15 is 0 Å². The zero-order chi connectivity index (χ0) is 21.3. The molecule has 6 heteroatoms. The predicted molar refractivity (Wildman–Crippen MR) is 120 cm³/mol. The largest absolute Gasteiger partial charge is 0.478 e. The zero-order valence-corrected chi connectivity index (χ0v) is 17.1. The highest BCUT2D eigenvalue weighted by molar-refractivity contribution is 6.34. The van der Waals surface area contributed by atoms with Crippen molar-refractivity contribution in [3.63, 3.8) is 0 Å². The summed E-state index contributed by atoms with van der Waals surface area (Å²) in [6.45, 7) is 0. The van der Waals surface area contributed by atoms with Crippen LogP contribution >= 0.6 is 23.2 Å². The molecule has 3 aromatic carbocycles. The van der Waals surface area contributed by atoms with E-state index in [0.29, 0.717) is 22.0 Å². The number of rotatable bonds is 4. The average Bonchev–Trinajstić information content (AvgIpc) is 3.05. The summed E-state index contributed by atoms with van der Waals surface area (Å²) < 4.78 is 0. The Morgan fingerprint density at radius 2 is 1.63 bits per heavy atom. The number of carbonyl (C=O) groups excluding carboxylic acids is 1. The molecule has 0 fully saturated rings. The van der Waals surface area contributed by atoms with Crippen LogP contribution in [0.3, 0.4) is 0 Å². The molecule has 1 amide bonds. The first-order chi connectivity index (χ1) is 14.4. The molecular formula is C24H15Cl2NO3. The number of nitrogens with zero attached hydrogens (tertiary/aromatic N) is 1. The van der Waals surface area contributed by atoms with Crippen LogP contribution in [-0.4, -0.2) is 17.0 Å². The highest BCUT2D eigenvalue weighted by Gasteiger charge is 2.31. The molecule has 4 rings (SSSR count). The van der Waals surface area contributed by atoms with Crippen LogP contribution in [0.25, 0.3) is 11.8 Å². The summed E-state index contributed by atoms with van der Waals surface area (Å²) in [5.74, 6) is -1.42. The van der Waals surface area contributed by atoms with Gasteiger partial charge in [0.15, 0.2) is 0 Å². The van der Waals surface area contributed by atoms with Gasteiger partial charge in [0.2, 0.25) is 0 Å². The van der Waals surface area contributed by atoms with Crippen molar-refractivity contribution in [2.24, 2.45) is 0 Å². The molecule has 1 aliphatic rings. The predicted octanol–water partition coefficient (Wildman–Crippen LogP) is 6.16. The minimum atomic E-state index is -1.16. The molecule has 148 valence electrons. The maximum absolute atomic E-state index is 13.3. The van der Waals surface area contributed by atoms with Crippen molar-refractivity contribution in [1.29, 1.82) is 0 Å². The molecule has 30 heavy (non-hydrogen) atoms. The number of aromatic carboxylic acids is 1. The van der Waals surface area contributed by atoms with E-state index in [1.165, 1.54) is 17.0 Å². The van der Waals surface area contributed by atoms with Crippen molar-refractivity contribution < 1.29 is 14.7 Å². The number of benzene rings is 3. The smallest absolute Gasteiger partial charge is 0.337 e. The number of anilines is 1. The number of carboxylic acid groups (broad SMARTS) is 1. The summed E-state index contributed by atoms with van der Waals surface area (Å²) in [5, 5.41) is 10.1. The van der Waals surface area contributed by atoms with Crippen LogP contribution in [0.1, 0.15) is 21.5 Å². The standard InChI is InChI=1S/C24H15Cl2NO3/c25-18-8-6-16(7-9-18)22-13-17(12-15-4-2-1-3-5-15)23(28)27(22)19-10-11-21(26)20(14-19)24(29)30/h1-14H,(H,29,30)/b17-12+. The zero-order valence-electron chi connectivity index (χ0n) is 15.5. The van der Waals surface area contributed by atoms with E-state index in [2.05, 4.69) is 0 Å². The third-order valence-corrected chi connectivity index (χ3v) is 5.27. The van der Waals surface area contributed by atoms with Crippen molar-refractivity contribution in [2.45, 2.75) is 0 Å². The molecular weight excluding hydrogens is 421 g/mol. The van der Waals surface area contributed by atoms with Gasteiger partial charge in [0.1, 0.15) is 0 Å². The van der Waals surface area contributed by atoms with Crippen LogP contribution in [0.15, 0.2) is 84.4 Å². The summed E-state index contributed by atoms with van der Waals surface area (Å²) >= 11 is 12.0. The third kappa shape index (κ3) is 3.88. The lowest BCUT2D eigenvalue weighted by atomic mass is 10.1. The molecule has 0 aromatic heterocycles. The van der Waals surface area contributed by atoms with Gasteiger partial charge in [0.25, 0.3) is 5.91 Å². The van der Waals surface area contributed by atoms with Gasteiger partial charge in [-0.15, -0.1) is 0 Å². The van der Waals surface area contributed by atoms with Crippen LogP contribution in [0.4, 0.5) is 5.69 Å². The van der Waals surface area contributed by atoms with Gasteiger partial charge < -0.3 is 5.11 Å². The molecule has 4 nitrogen and oxygen atoms in total. The number of carboxylic acids is 1. The SMILES string of the molecule is O=C(O)c1cc(N2C(=O)/C(=C/c3ccccc3)C=C2c2ccc(Cl)cc2)ccc1Cl. The van der Waals surface area contributed by atoms with Gasteiger partial charge in [0.05, 0.1) is 22.0 Å². The van der Waals surface area contributed by atoms with Crippen molar-refractivity contribution in [2.75, 3.05) is 4.90 Å². The number of hydrogen-bond donors (Lipinski definition) is 1. The first kappa shape index (κ1) is 20.0. The van der Waals surface area contributed by atoms with Crippen molar-refractivity contribution in [3.8, 4) is 0 Å². The second kappa shape index (κ2) is 8.19. The fraction of sp³-hybridized carbons (Fsp3) is 0. The minimum absolute atomic E-state index is 0.0714. The monoisotopic (exact) mass is 435 g/mol. The highest BCUT2D eigenvalue weighted by Crippen LogP contribution is 2.37. The Balaban J connectivity index is 1.85. The fourth-order valence-corrected chi connectivity index (χ4v) is 3.57. The van der Waals surface area contributed by atoms with E-state index < -0.39 is 5.97 Å². The molecule has 1 N–H and O–H groups in total. The summed E-state index contributed by atoms with van der Waals surface area (Å²) in [7, 11) is 0. The topological polar surface area (TPSA) is 57.6 Å². The summed E-state index contributed by atoms with van der Waals surface area (Å²) in [6.07, 6.45) is 3.58. The average molecular weight is 436 g/mol. The van der Waals surface area contributed by atoms with E-state index in [0.717, 1.165) is 11.1 Å². The first-order valence-electron chi connectivity index (χ1n) is 9.06. The summed E-state index contributed by atoms with van der Waals surface area (Å²) in [5.41, 5.74) is 3.11. The van der Waals surface area contributed by atoms with Crippen LogP contribution < -0.4 is 4.90 Å². The molecule has 0 aliphatic carbocycles. The van der Waals surface area contributed by atoms with Gasteiger partial charge in [0, 0.05) is 10.6 Å². The quantitative estimate of drug-likeness (QED) is 0.498. The van der Waals surface area contributed by atoms with E-state index in [-0.39, 0.29) is 16.5 Å². The van der Waals surface area contributed by atoms with Crippen LogP contribution in [0.2, 0.25) is 10.0 Å². The van der Waals surface area contributed by atoms with Gasteiger partial charge in [-0.3, -0.25) is 9.69 Å². The molecule has 0 saturated carbocycles. The van der Waals surface area contributed by atoms with Gasteiger partial charge in [-0.1, -0.05) is 65.7 Å². The summed E-state index contributed by atoms with van der Waals surface area (Å²) in [4.78, 5) is 26.3. The Morgan fingerprint density at radius 1 is 0.933 bits per heavy atom. The third-order valence-electron chi connectivity index (χ3n) is 4.68. The van der Waals surface area contributed by atoms with Crippen LogP contribution in [0, 0.1) is 0 Å². The molecule has 0 radical (unpaired) electrons. The van der Waals surface area contributed by atoms with E-state index in [1.807, 2.05) is 42.5 Å². The number of hydrogen-bond acceptors (Lipinski definition) is 2. The molecule has 0 unspecified atom stereocenters. The maximum atomic E-state index is 13.3. The molecule has 3 aromatic rings. The molecule has 0 bridgehead atoms. The molecule has 1 aliphatic heterocycles. The Bertz CT molecular complexity index is 1200. The number of halogens is 2. The lowest BCUT2D eigenvalue weighted by Gasteiger charge is -2.21. The van der Waals surface area contributed by atoms with Gasteiger partial charge >= 0.3 is 5.97 Å². The second-order valence-corrected chi connectivity index (χ2v) is 7.50. The highest BCUT2D eigenvalue weighted by atomic mass is 35.5. The molecule has 1 heterocycles.